The summed E-state index contributed by atoms with van der Waals surface area (Å²) in [4.78, 5) is 47.3. The van der Waals surface area contributed by atoms with E-state index in [1.807, 2.05) is 0 Å². The van der Waals surface area contributed by atoms with E-state index in [-0.39, 0.29) is 0 Å². The molecule has 12 heavy (non-hydrogen) atoms. The van der Waals surface area contributed by atoms with E-state index < -0.39 is 31.3 Å². The maximum absolute atomic E-state index is 10.4. The topological polar surface area (TPSA) is 118 Å². The molecule has 1 fully saturated rings. The van der Waals surface area contributed by atoms with Crippen molar-refractivity contribution in [3.8, 4) is 0 Å². The lowest BCUT2D eigenvalue weighted by Gasteiger charge is -2.20. The molecule has 1 aliphatic rings. The number of rotatable bonds is 2. The quantitative estimate of drug-likeness (QED) is 0.302. The van der Waals surface area contributed by atoms with Crippen LogP contribution in [0, 0.1) is 0 Å². The molecule has 2 N–H and O–H groups in total. The van der Waals surface area contributed by atoms with Gasteiger partial charge in [0.15, 0.2) is 0 Å². The van der Waals surface area contributed by atoms with Crippen LogP contribution < -0.4 is 0 Å². The molecule has 8 heteroatoms. The van der Waals surface area contributed by atoms with E-state index in [4.69, 9.17) is 9.79 Å². The molecular weight excluding hydrogens is 191 g/mol. The van der Waals surface area contributed by atoms with Crippen LogP contribution in [-0.2, 0) is 23.5 Å². The monoisotopic (exact) mass is 194 g/mol. The molecule has 0 amide bonds. The average Bonchev–Trinajstić information content (AvgIpc) is 1.96. The van der Waals surface area contributed by atoms with Gasteiger partial charge in [-0.15, -0.1) is 0 Å². The highest BCUT2D eigenvalue weighted by Gasteiger charge is 2.52. The third kappa shape index (κ3) is 1.49. The summed E-state index contributed by atoms with van der Waals surface area (Å²) in [6.45, 7) is 0. The van der Waals surface area contributed by atoms with E-state index in [2.05, 4.69) is 4.52 Å². The smallest absolute Gasteiger partial charge is 0.303 e. The van der Waals surface area contributed by atoms with Crippen molar-refractivity contribution in [2.24, 2.45) is 0 Å². The fraction of sp³-hybridized carbons (Fsp3) is 0.250. The second-order valence-corrected chi connectivity index (χ2v) is 3.23. The van der Waals surface area contributed by atoms with Crippen LogP contribution in [0.2, 0.25) is 0 Å². The lowest BCUT2D eigenvalue weighted by molar-refractivity contribution is -0.160. The molecule has 1 aliphatic carbocycles. The molecule has 0 radical (unpaired) electrons. The molecule has 1 rings (SSSR count). The van der Waals surface area contributed by atoms with Crippen molar-refractivity contribution in [1.82, 2.24) is 0 Å². The standard InChI is InChI=1S/C4H3O7P/c5-1-2(6)4(3(1)7)11-12(8,9)10/h4H,(H2,8,9,10). The molecule has 0 spiro atoms. The van der Waals surface area contributed by atoms with Gasteiger partial charge in [0.1, 0.15) is 0 Å². The van der Waals surface area contributed by atoms with Gasteiger partial charge in [0.2, 0.25) is 17.7 Å². The van der Waals surface area contributed by atoms with E-state index in [0.29, 0.717) is 0 Å². The van der Waals surface area contributed by atoms with Crippen molar-refractivity contribution in [2.45, 2.75) is 6.10 Å². The molecule has 0 aromatic rings. The first-order valence-corrected chi connectivity index (χ1v) is 4.22. The first-order valence-electron chi connectivity index (χ1n) is 2.69. The van der Waals surface area contributed by atoms with Crippen LogP contribution in [0.4, 0.5) is 0 Å². The predicted molar refractivity (Wildman–Crippen MR) is 31.9 cm³/mol. The van der Waals surface area contributed by atoms with Crippen molar-refractivity contribution < 1.29 is 33.3 Å². The van der Waals surface area contributed by atoms with Gasteiger partial charge in [-0.3, -0.25) is 18.9 Å². The fourth-order valence-electron chi connectivity index (χ4n) is 0.634. The molecule has 1 saturated carbocycles. The van der Waals surface area contributed by atoms with Gasteiger partial charge in [-0.05, 0) is 0 Å². The van der Waals surface area contributed by atoms with Gasteiger partial charge < -0.3 is 9.79 Å². The van der Waals surface area contributed by atoms with Crippen molar-refractivity contribution in [2.75, 3.05) is 0 Å². The summed E-state index contributed by atoms with van der Waals surface area (Å²) in [6.07, 6.45) is -1.90. The zero-order valence-corrected chi connectivity index (χ0v) is 6.35. The molecule has 0 aliphatic heterocycles. The fourth-order valence-corrected chi connectivity index (χ4v) is 1.10. The highest BCUT2D eigenvalue weighted by molar-refractivity contribution is 7.46. The highest BCUT2D eigenvalue weighted by atomic mass is 31.2. The number of hydrogen-bond acceptors (Lipinski definition) is 5. The van der Waals surface area contributed by atoms with Crippen LogP contribution >= 0.6 is 7.82 Å². The van der Waals surface area contributed by atoms with E-state index in [9.17, 15) is 18.9 Å². The molecule has 0 atom stereocenters. The lowest BCUT2D eigenvalue weighted by atomic mass is 9.91. The zero-order chi connectivity index (χ0) is 9.52. The second kappa shape index (κ2) is 2.56. The molecule has 7 nitrogen and oxygen atoms in total. The molecule has 0 aromatic heterocycles. The van der Waals surface area contributed by atoms with Crippen LogP contribution in [0.1, 0.15) is 0 Å². The maximum Gasteiger partial charge on any atom is 0.470 e. The number of Topliss-reactive ketones (excluding diaryl/α,β-unsaturated/α-hetero) is 3. The van der Waals surface area contributed by atoms with Crippen molar-refractivity contribution >= 4 is 25.2 Å². The Labute approximate surface area is 65.6 Å². The lowest BCUT2D eigenvalue weighted by Crippen LogP contribution is -2.54. The Balaban J connectivity index is 2.70. The predicted octanol–water partition coefficient (Wildman–Crippen LogP) is -1.81. The zero-order valence-electron chi connectivity index (χ0n) is 5.46. The molecule has 0 unspecified atom stereocenters. The summed E-state index contributed by atoms with van der Waals surface area (Å²) in [7, 11) is -4.88. The molecule has 0 heterocycles. The third-order valence-electron chi connectivity index (χ3n) is 1.17. The maximum atomic E-state index is 10.4. The number of hydrogen-bond donors (Lipinski definition) is 2. The van der Waals surface area contributed by atoms with Crippen molar-refractivity contribution in [3.05, 3.63) is 0 Å². The van der Waals surface area contributed by atoms with Crippen LogP contribution in [0.15, 0.2) is 0 Å². The average molecular weight is 194 g/mol. The van der Waals surface area contributed by atoms with Crippen molar-refractivity contribution in [3.63, 3.8) is 0 Å². The van der Waals surface area contributed by atoms with Crippen LogP contribution in [0.3, 0.4) is 0 Å². The highest BCUT2D eigenvalue weighted by Crippen LogP contribution is 2.39. The van der Waals surface area contributed by atoms with Gasteiger partial charge in [-0.25, -0.2) is 4.57 Å². The Morgan fingerprint density at radius 3 is 1.92 bits per heavy atom. The number of carbonyl (C=O) groups is 3. The van der Waals surface area contributed by atoms with Gasteiger partial charge in [-0.1, -0.05) is 0 Å². The van der Waals surface area contributed by atoms with E-state index in [0.717, 1.165) is 0 Å². The SMILES string of the molecule is O=C1C(=O)C(OP(=O)(O)O)C1=O. The Kier molecular flexibility index (Phi) is 1.97. The third-order valence-corrected chi connectivity index (χ3v) is 1.65. The first-order chi connectivity index (χ1) is 5.33. The summed E-state index contributed by atoms with van der Waals surface area (Å²) in [5.74, 6) is -3.72. The molecular formula is C4H3O7P. The number of phosphoric ester groups is 1. The Bertz CT molecular complexity index is 293. The Morgan fingerprint density at radius 1 is 1.17 bits per heavy atom. The van der Waals surface area contributed by atoms with Gasteiger partial charge >= 0.3 is 7.82 Å². The van der Waals surface area contributed by atoms with Gasteiger partial charge in [0, 0.05) is 0 Å². The van der Waals surface area contributed by atoms with E-state index in [1.54, 1.807) is 0 Å². The van der Waals surface area contributed by atoms with Crippen LogP contribution in [0.5, 0.6) is 0 Å². The minimum Gasteiger partial charge on any atom is -0.303 e. The molecule has 0 aromatic carbocycles. The van der Waals surface area contributed by atoms with Crippen LogP contribution in [0.25, 0.3) is 0 Å². The van der Waals surface area contributed by atoms with E-state index >= 15 is 0 Å². The molecule has 0 bridgehead atoms. The second-order valence-electron chi connectivity index (χ2n) is 2.03. The summed E-state index contributed by atoms with van der Waals surface area (Å²) >= 11 is 0. The molecule has 66 valence electrons. The summed E-state index contributed by atoms with van der Waals surface area (Å²) in [6, 6.07) is 0. The minimum absolute atomic E-state index is 1.22. The van der Waals surface area contributed by atoms with Gasteiger partial charge in [0.25, 0.3) is 5.78 Å². The minimum atomic E-state index is -4.88. The summed E-state index contributed by atoms with van der Waals surface area (Å²) < 4.78 is 13.8. The van der Waals surface area contributed by atoms with Crippen LogP contribution in [-0.4, -0.2) is 33.2 Å². The first kappa shape index (κ1) is 9.21. The molecule has 0 saturated heterocycles. The number of carbonyl (C=O) groups excluding carboxylic acids is 3. The summed E-state index contributed by atoms with van der Waals surface area (Å²) in [5.41, 5.74) is 0. The van der Waals surface area contributed by atoms with Crippen molar-refractivity contribution in [1.29, 1.82) is 0 Å². The summed E-state index contributed by atoms with van der Waals surface area (Å²) in [5, 5.41) is 0. The number of ketones is 3. The van der Waals surface area contributed by atoms with Gasteiger partial charge in [0.05, 0.1) is 0 Å². The largest absolute Gasteiger partial charge is 0.470 e. The Hall–Kier alpha value is -0.880. The Morgan fingerprint density at radius 2 is 1.58 bits per heavy atom. The van der Waals surface area contributed by atoms with E-state index in [1.165, 1.54) is 0 Å². The number of phosphoric acid groups is 1. The normalized spacial score (nSPS) is 19.7. The van der Waals surface area contributed by atoms with Gasteiger partial charge in [-0.2, -0.15) is 0 Å².